The lowest BCUT2D eigenvalue weighted by molar-refractivity contribution is -0.110. The van der Waals surface area contributed by atoms with Gasteiger partial charge in [-0.15, -0.1) is 0 Å². The first-order chi connectivity index (χ1) is 10.1. The fraction of sp³-hybridized carbons (Fsp3) is 0.562. The number of rotatable bonds is 10. The number of halogens is 1. The molecule has 0 radical (unpaired) electrons. The van der Waals surface area contributed by atoms with Crippen molar-refractivity contribution in [1.29, 1.82) is 0 Å². The van der Waals surface area contributed by atoms with E-state index >= 15 is 0 Å². The van der Waals surface area contributed by atoms with Crippen molar-refractivity contribution in [1.82, 2.24) is 5.32 Å². The fourth-order valence-electron chi connectivity index (χ4n) is 2.18. The maximum absolute atomic E-state index is 10.7. The van der Waals surface area contributed by atoms with Crippen molar-refractivity contribution in [3.8, 4) is 5.75 Å². The van der Waals surface area contributed by atoms with Gasteiger partial charge in [-0.2, -0.15) is 0 Å². The second kappa shape index (κ2) is 9.64. The van der Waals surface area contributed by atoms with Crippen LogP contribution in [-0.4, -0.2) is 32.8 Å². The molecule has 1 aromatic carbocycles. The molecule has 4 nitrogen and oxygen atoms in total. The lowest BCUT2D eigenvalue weighted by Gasteiger charge is -2.19. The van der Waals surface area contributed by atoms with E-state index in [0.29, 0.717) is 29.9 Å². The van der Waals surface area contributed by atoms with Crippen molar-refractivity contribution >= 4 is 18.0 Å². The normalized spacial score (nSPS) is 12.2. The zero-order valence-corrected chi connectivity index (χ0v) is 13.7. The molecular formula is C16H24ClNO3. The van der Waals surface area contributed by atoms with Crippen LogP contribution in [0.15, 0.2) is 18.2 Å². The summed E-state index contributed by atoms with van der Waals surface area (Å²) >= 11 is 6.12. The number of hydrogen-bond acceptors (Lipinski definition) is 3. The van der Waals surface area contributed by atoms with Gasteiger partial charge in [0, 0.05) is 13.2 Å². The average molecular weight is 314 g/mol. The van der Waals surface area contributed by atoms with Crippen molar-refractivity contribution in [3.05, 3.63) is 28.8 Å². The molecule has 5 heteroatoms. The number of amides is 1. The smallest absolute Gasteiger partial charge is 0.207 e. The lowest BCUT2D eigenvalue weighted by atomic mass is 9.97. The van der Waals surface area contributed by atoms with Gasteiger partial charge in [-0.3, -0.25) is 4.79 Å². The molecule has 0 heterocycles. The molecule has 0 fully saturated rings. The van der Waals surface area contributed by atoms with Gasteiger partial charge in [0.25, 0.3) is 0 Å². The van der Waals surface area contributed by atoms with Gasteiger partial charge in [0.05, 0.1) is 11.6 Å². The minimum atomic E-state index is 0.121. The summed E-state index contributed by atoms with van der Waals surface area (Å²) in [7, 11) is 1.63. The molecule has 118 valence electrons. The molecule has 0 aromatic heterocycles. The van der Waals surface area contributed by atoms with Gasteiger partial charge in [0.1, 0.15) is 12.4 Å². The van der Waals surface area contributed by atoms with E-state index in [0.717, 1.165) is 24.8 Å². The summed E-state index contributed by atoms with van der Waals surface area (Å²) in [6.07, 6.45) is 2.45. The number of ether oxygens (including phenoxy) is 2. The molecule has 1 rings (SSSR count). The topological polar surface area (TPSA) is 47.6 Å². The summed E-state index contributed by atoms with van der Waals surface area (Å²) < 4.78 is 10.6. The van der Waals surface area contributed by atoms with E-state index in [1.54, 1.807) is 7.11 Å². The third-order valence-corrected chi connectivity index (χ3v) is 3.39. The molecule has 1 amide bonds. The average Bonchev–Trinajstić information content (AvgIpc) is 2.42. The van der Waals surface area contributed by atoms with Crippen LogP contribution in [0.3, 0.4) is 0 Å². The van der Waals surface area contributed by atoms with Gasteiger partial charge >= 0.3 is 0 Å². The summed E-state index contributed by atoms with van der Waals surface area (Å²) in [6.45, 7) is 5.26. The Balaban J connectivity index is 2.72. The number of benzene rings is 1. The number of hydrogen-bond donors (Lipinski definition) is 1. The van der Waals surface area contributed by atoms with E-state index in [2.05, 4.69) is 19.2 Å². The molecule has 0 aliphatic heterocycles. The molecule has 0 saturated carbocycles. The van der Waals surface area contributed by atoms with Crippen LogP contribution in [0, 0.1) is 5.92 Å². The highest BCUT2D eigenvalue weighted by Crippen LogP contribution is 2.26. The molecular weight excluding hydrogens is 290 g/mol. The molecule has 1 unspecified atom stereocenters. The van der Waals surface area contributed by atoms with Crippen LogP contribution in [0.5, 0.6) is 5.75 Å². The van der Waals surface area contributed by atoms with Gasteiger partial charge < -0.3 is 14.8 Å². The van der Waals surface area contributed by atoms with Crippen LogP contribution in [-0.2, 0) is 16.0 Å². The zero-order valence-electron chi connectivity index (χ0n) is 12.9. The summed E-state index contributed by atoms with van der Waals surface area (Å²) in [5, 5.41) is 3.46. The monoisotopic (exact) mass is 313 g/mol. The van der Waals surface area contributed by atoms with Crippen LogP contribution in [0.4, 0.5) is 0 Å². The summed E-state index contributed by atoms with van der Waals surface area (Å²) in [5.74, 6) is 1.17. The van der Waals surface area contributed by atoms with Crippen LogP contribution in [0.1, 0.15) is 25.8 Å². The van der Waals surface area contributed by atoms with E-state index in [1.807, 2.05) is 18.2 Å². The Morgan fingerprint density at radius 1 is 1.33 bits per heavy atom. The third kappa shape index (κ3) is 6.82. The Bertz CT molecular complexity index is 438. The Kier molecular flexibility index (Phi) is 8.16. The van der Waals surface area contributed by atoms with Gasteiger partial charge in [-0.25, -0.2) is 0 Å². The summed E-state index contributed by atoms with van der Waals surface area (Å²) in [5.41, 5.74) is 1.09. The van der Waals surface area contributed by atoms with Crippen molar-refractivity contribution < 1.29 is 14.3 Å². The van der Waals surface area contributed by atoms with Crippen LogP contribution in [0.2, 0.25) is 5.02 Å². The molecule has 0 spiro atoms. The second-order valence-electron chi connectivity index (χ2n) is 5.42. The van der Waals surface area contributed by atoms with E-state index in [1.165, 1.54) is 0 Å². The molecule has 21 heavy (non-hydrogen) atoms. The Morgan fingerprint density at radius 3 is 2.71 bits per heavy atom. The number of carbonyl (C=O) groups is 1. The van der Waals surface area contributed by atoms with E-state index < -0.39 is 0 Å². The minimum absolute atomic E-state index is 0.121. The molecule has 0 aliphatic carbocycles. The Hall–Kier alpha value is -1.26. The molecule has 1 N–H and O–H groups in total. The number of carbonyl (C=O) groups excluding carboxylic acids is 1. The second-order valence-corrected chi connectivity index (χ2v) is 5.83. The fourth-order valence-corrected chi connectivity index (χ4v) is 2.35. The molecule has 1 aromatic rings. The number of nitrogens with one attached hydrogen (secondary N) is 1. The summed E-state index contributed by atoms with van der Waals surface area (Å²) in [4.78, 5) is 10.7. The minimum Gasteiger partial charge on any atom is -0.490 e. The first kappa shape index (κ1) is 17.8. The van der Waals surface area contributed by atoms with Gasteiger partial charge in [0.15, 0.2) is 0 Å². The number of methoxy groups -OCH3 is 1. The molecule has 0 bridgehead atoms. The maximum Gasteiger partial charge on any atom is 0.207 e. The van der Waals surface area contributed by atoms with Crippen molar-refractivity contribution in [2.75, 3.05) is 20.3 Å². The third-order valence-electron chi connectivity index (χ3n) is 3.08. The van der Waals surface area contributed by atoms with Gasteiger partial charge in [-0.05, 0) is 36.5 Å². The standard InChI is InChI=1S/C16H24ClNO3/c1-12(2)8-14(18-11-19)9-13-4-5-15(17)16(10-13)21-7-6-20-3/h4-5,10-12,14H,6-9H2,1-3H3,(H,18,19). The SMILES string of the molecule is COCCOc1cc(CC(CC(C)C)NC=O)ccc1Cl. The van der Waals surface area contributed by atoms with E-state index in [9.17, 15) is 4.79 Å². The van der Waals surface area contributed by atoms with E-state index in [-0.39, 0.29) is 6.04 Å². The quantitative estimate of drug-likeness (QED) is 0.533. The predicted molar refractivity (Wildman–Crippen MR) is 85.0 cm³/mol. The van der Waals surface area contributed by atoms with E-state index in [4.69, 9.17) is 21.1 Å². The van der Waals surface area contributed by atoms with Crippen LogP contribution < -0.4 is 10.1 Å². The van der Waals surface area contributed by atoms with Gasteiger partial charge in [0.2, 0.25) is 6.41 Å². The van der Waals surface area contributed by atoms with Crippen LogP contribution in [0.25, 0.3) is 0 Å². The maximum atomic E-state index is 10.7. The predicted octanol–water partition coefficient (Wildman–Crippen LogP) is 3.07. The van der Waals surface area contributed by atoms with Crippen LogP contribution >= 0.6 is 11.6 Å². The first-order valence-corrected chi connectivity index (χ1v) is 7.54. The van der Waals surface area contributed by atoms with Crippen molar-refractivity contribution in [2.24, 2.45) is 5.92 Å². The van der Waals surface area contributed by atoms with Crippen molar-refractivity contribution in [3.63, 3.8) is 0 Å². The zero-order chi connectivity index (χ0) is 15.7. The molecule has 0 aliphatic rings. The highest BCUT2D eigenvalue weighted by atomic mass is 35.5. The molecule has 1 atom stereocenters. The highest BCUT2D eigenvalue weighted by Gasteiger charge is 2.12. The Morgan fingerprint density at radius 2 is 2.10 bits per heavy atom. The Labute approximate surface area is 131 Å². The molecule has 0 saturated heterocycles. The summed E-state index contributed by atoms with van der Waals surface area (Å²) in [6, 6.07) is 5.84. The highest BCUT2D eigenvalue weighted by molar-refractivity contribution is 6.32. The lowest BCUT2D eigenvalue weighted by Crippen LogP contribution is -2.31. The van der Waals surface area contributed by atoms with Crippen molar-refractivity contribution in [2.45, 2.75) is 32.7 Å². The first-order valence-electron chi connectivity index (χ1n) is 7.16. The van der Waals surface area contributed by atoms with Gasteiger partial charge in [-0.1, -0.05) is 31.5 Å². The largest absolute Gasteiger partial charge is 0.490 e.